The topological polar surface area (TPSA) is 50.4 Å². The first-order valence-electron chi connectivity index (χ1n) is 6.53. The number of methoxy groups -OCH3 is 1. The monoisotopic (exact) mass is 348 g/mol. The molecule has 0 bridgehead atoms. The largest absolute Gasteiger partial charge is 0.496 e. The Balaban J connectivity index is 1.94. The van der Waals surface area contributed by atoms with E-state index in [1.54, 1.807) is 7.11 Å². The van der Waals surface area contributed by atoms with E-state index < -0.39 is 0 Å². The molecular formula is C16H17BrN2O2. The van der Waals surface area contributed by atoms with Crippen LogP contribution in [0.5, 0.6) is 5.75 Å². The van der Waals surface area contributed by atoms with E-state index >= 15 is 0 Å². The summed E-state index contributed by atoms with van der Waals surface area (Å²) in [4.78, 5) is 11.9. The number of hydrogen-bond acceptors (Lipinski definition) is 2. The summed E-state index contributed by atoms with van der Waals surface area (Å²) in [6.45, 7) is 2.38. The molecule has 2 N–H and O–H groups in total. The normalized spacial score (nSPS) is 10.0. The Bertz CT molecular complexity index is 644. The van der Waals surface area contributed by atoms with Crippen molar-refractivity contribution >= 4 is 27.6 Å². The summed E-state index contributed by atoms with van der Waals surface area (Å²) in [7, 11) is 1.61. The summed E-state index contributed by atoms with van der Waals surface area (Å²) in [6, 6.07) is 13.0. The van der Waals surface area contributed by atoms with Gasteiger partial charge in [-0.2, -0.15) is 0 Å². The molecule has 0 saturated carbocycles. The second kappa shape index (κ2) is 7.13. The number of rotatable bonds is 4. The molecule has 0 saturated heterocycles. The molecule has 0 aliphatic carbocycles. The maximum Gasteiger partial charge on any atom is 0.319 e. The maximum absolute atomic E-state index is 11.9. The maximum atomic E-state index is 11.9. The molecule has 0 heterocycles. The van der Waals surface area contributed by atoms with E-state index in [1.807, 2.05) is 49.4 Å². The van der Waals surface area contributed by atoms with Gasteiger partial charge in [0, 0.05) is 22.3 Å². The smallest absolute Gasteiger partial charge is 0.319 e. The van der Waals surface area contributed by atoms with Crippen molar-refractivity contribution in [3.8, 4) is 5.75 Å². The fourth-order valence-corrected chi connectivity index (χ4v) is 2.17. The van der Waals surface area contributed by atoms with Crippen molar-refractivity contribution in [1.29, 1.82) is 0 Å². The number of halogens is 1. The molecule has 2 rings (SSSR count). The number of anilines is 1. The van der Waals surface area contributed by atoms with Crippen molar-refractivity contribution in [2.24, 2.45) is 0 Å². The molecule has 0 unspecified atom stereocenters. The fraction of sp³-hybridized carbons (Fsp3) is 0.188. The van der Waals surface area contributed by atoms with Crippen molar-refractivity contribution in [3.63, 3.8) is 0 Å². The van der Waals surface area contributed by atoms with Crippen molar-refractivity contribution in [2.45, 2.75) is 13.5 Å². The lowest BCUT2D eigenvalue weighted by Crippen LogP contribution is -2.28. The number of aryl methyl sites for hydroxylation is 1. The standard InChI is InChI=1S/C16H17BrN2O2/c1-11-9-13(7-8-14(11)17)19-16(20)18-10-12-5-3-4-6-15(12)21-2/h3-9H,10H2,1-2H3,(H2,18,19,20). The minimum Gasteiger partial charge on any atom is -0.496 e. The van der Waals surface area contributed by atoms with Crippen molar-refractivity contribution in [2.75, 3.05) is 12.4 Å². The molecule has 0 aliphatic heterocycles. The minimum absolute atomic E-state index is 0.248. The van der Waals surface area contributed by atoms with Gasteiger partial charge in [0.25, 0.3) is 0 Å². The molecule has 0 radical (unpaired) electrons. The first kappa shape index (κ1) is 15.4. The summed E-state index contributed by atoms with van der Waals surface area (Å²) in [5, 5.41) is 5.62. The minimum atomic E-state index is -0.248. The average molecular weight is 349 g/mol. The Morgan fingerprint density at radius 1 is 1.24 bits per heavy atom. The first-order chi connectivity index (χ1) is 10.1. The van der Waals surface area contributed by atoms with Crippen LogP contribution in [0.1, 0.15) is 11.1 Å². The van der Waals surface area contributed by atoms with Gasteiger partial charge >= 0.3 is 6.03 Å². The van der Waals surface area contributed by atoms with Gasteiger partial charge in [0.1, 0.15) is 5.75 Å². The van der Waals surface area contributed by atoms with Gasteiger partial charge in [0.15, 0.2) is 0 Å². The fourth-order valence-electron chi connectivity index (χ4n) is 1.92. The molecule has 110 valence electrons. The Labute approximate surface area is 132 Å². The zero-order valence-electron chi connectivity index (χ0n) is 11.9. The predicted octanol–water partition coefficient (Wildman–Crippen LogP) is 4.09. The molecular weight excluding hydrogens is 332 g/mol. The second-order valence-corrected chi connectivity index (χ2v) is 5.44. The van der Waals surface area contributed by atoms with Crippen LogP contribution in [0.15, 0.2) is 46.9 Å². The Morgan fingerprint density at radius 2 is 2.00 bits per heavy atom. The van der Waals surface area contributed by atoms with Crippen LogP contribution in [0.2, 0.25) is 0 Å². The first-order valence-corrected chi connectivity index (χ1v) is 7.32. The third-order valence-electron chi connectivity index (χ3n) is 3.05. The number of para-hydroxylation sites is 1. The lowest BCUT2D eigenvalue weighted by molar-refractivity contribution is 0.251. The third-order valence-corrected chi connectivity index (χ3v) is 3.94. The van der Waals surface area contributed by atoms with Gasteiger partial charge in [0.2, 0.25) is 0 Å². The summed E-state index contributed by atoms with van der Waals surface area (Å²) < 4.78 is 6.26. The molecule has 0 aromatic heterocycles. The number of carbonyl (C=O) groups excluding carboxylic acids is 1. The molecule has 21 heavy (non-hydrogen) atoms. The highest BCUT2D eigenvalue weighted by Crippen LogP contribution is 2.20. The number of benzene rings is 2. The highest BCUT2D eigenvalue weighted by atomic mass is 79.9. The number of hydrogen-bond donors (Lipinski definition) is 2. The van der Waals surface area contributed by atoms with E-state index in [-0.39, 0.29) is 6.03 Å². The summed E-state index contributed by atoms with van der Waals surface area (Å²) >= 11 is 3.43. The molecule has 0 aliphatic rings. The molecule has 4 nitrogen and oxygen atoms in total. The molecule has 5 heteroatoms. The van der Waals surface area contributed by atoms with E-state index in [1.165, 1.54) is 0 Å². The Morgan fingerprint density at radius 3 is 2.71 bits per heavy atom. The molecule has 2 aromatic carbocycles. The number of urea groups is 1. The number of nitrogens with one attached hydrogen (secondary N) is 2. The Kier molecular flexibility index (Phi) is 5.22. The van der Waals surface area contributed by atoms with Crippen LogP contribution in [0.4, 0.5) is 10.5 Å². The van der Waals surface area contributed by atoms with Gasteiger partial charge in [-0.25, -0.2) is 4.79 Å². The van der Waals surface area contributed by atoms with Gasteiger partial charge < -0.3 is 15.4 Å². The van der Waals surface area contributed by atoms with Crippen molar-refractivity contribution < 1.29 is 9.53 Å². The zero-order valence-corrected chi connectivity index (χ0v) is 13.5. The Hall–Kier alpha value is -2.01. The number of ether oxygens (including phenoxy) is 1. The lowest BCUT2D eigenvalue weighted by Gasteiger charge is -2.11. The molecule has 0 spiro atoms. The predicted molar refractivity (Wildman–Crippen MR) is 87.7 cm³/mol. The van der Waals surface area contributed by atoms with Crippen LogP contribution in [0, 0.1) is 6.92 Å². The van der Waals surface area contributed by atoms with E-state index in [4.69, 9.17) is 4.74 Å². The van der Waals surface area contributed by atoms with Crippen LogP contribution in [-0.2, 0) is 6.54 Å². The van der Waals surface area contributed by atoms with Crippen LogP contribution in [0.3, 0.4) is 0 Å². The van der Waals surface area contributed by atoms with Crippen molar-refractivity contribution in [3.05, 3.63) is 58.1 Å². The van der Waals surface area contributed by atoms with E-state index in [0.29, 0.717) is 6.54 Å². The number of carbonyl (C=O) groups is 1. The van der Waals surface area contributed by atoms with Gasteiger partial charge in [-0.1, -0.05) is 34.1 Å². The molecule has 2 amide bonds. The van der Waals surface area contributed by atoms with Crippen LogP contribution >= 0.6 is 15.9 Å². The van der Waals surface area contributed by atoms with Crippen LogP contribution in [-0.4, -0.2) is 13.1 Å². The van der Waals surface area contributed by atoms with Gasteiger partial charge in [-0.15, -0.1) is 0 Å². The highest BCUT2D eigenvalue weighted by molar-refractivity contribution is 9.10. The summed E-state index contributed by atoms with van der Waals surface area (Å²) in [6.07, 6.45) is 0. The zero-order chi connectivity index (χ0) is 15.2. The van der Waals surface area contributed by atoms with Crippen molar-refractivity contribution in [1.82, 2.24) is 5.32 Å². The summed E-state index contributed by atoms with van der Waals surface area (Å²) in [5.41, 5.74) is 2.76. The van der Waals surface area contributed by atoms with Gasteiger partial charge in [-0.05, 0) is 36.8 Å². The lowest BCUT2D eigenvalue weighted by atomic mass is 10.2. The second-order valence-electron chi connectivity index (χ2n) is 4.58. The van der Waals surface area contributed by atoms with E-state index in [2.05, 4.69) is 26.6 Å². The van der Waals surface area contributed by atoms with E-state index in [0.717, 1.165) is 27.0 Å². The summed E-state index contributed by atoms with van der Waals surface area (Å²) in [5.74, 6) is 0.761. The number of amides is 2. The highest BCUT2D eigenvalue weighted by Gasteiger charge is 2.05. The van der Waals surface area contributed by atoms with Crippen LogP contribution < -0.4 is 15.4 Å². The van der Waals surface area contributed by atoms with E-state index in [9.17, 15) is 4.79 Å². The van der Waals surface area contributed by atoms with Gasteiger partial charge in [-0.3, -0.25) is 0 Å². The molecule has 0 atom stereocenters. The SMILES string of the molecule is COc1ccccc1CNC(=O)Nc1ccc(Br)c(C)c1. The quantitative estimate of drug-likeness (QED) is 0.874. The molecule has 0 fully saturated rings. The molecule has 2 aromatic rings. The average Bonchev–Trinajstić information content (AvgIpc) is 2.49. The van der Waals surface area contributed by atoms with Crippen LogP contribution in [0.25, 0.3) is 0 Å². The van der Waals surface area contributed by atoms with Gasteiger partial charge in [0.05, 0.1) is 7.11 Å². The third kappa shape index (κ3) is 4.23.